The third-order valence-corrected chi connectivity index (χ3v) is 5.22. The number of ether oxygens (including phenoxy) is 3. The van der Waals surface area contributed by atoms with E-state index in [1.165, 1.54) is 4.90 Å². The van der Waals surface area contributed by atoms with Crippen molar-refractivity contribution in [3.63, 3.8) is 0 Å². The minimum atomic E-state index is -0.645. The van der Waals surface area contributed by atoms with Crippen molar-refractivity contribution in [2.24, 2.45) is 5.73 Å². The number of hydrogen-bond donors (Lipinski definition) is 5. The summed E-state index contributed by atoms with van der Waals surface area (Å²) in [6.07, 6.45) is 4.13. The normalized spacial score (nSPS) is 20.4. The summed E-state index contributed by atoms with van der Waals surface area (Å²) in [6.45, 7) is 10.1. The van der Waals surface area contributed by atoms with Crippen LogP contribution in [0.2, 0.25) is 0 Å². The van der Waals surface area contributed by atoms with Crippen LogP contribution in [0.3, 0.4) is 0 Å². The van der Waals surface area contributed by atoms with Gasteiger partial charge in [0, 0.05) is 57.8 Å². The Bertz CT molecular complexity index is 577. The first-order valence-corrected chi connectivity index (χ1v) is 9.98. The van der Waals surface area contributed by atoms with Crippen molar-refractivity contribution in [2.45, 2.75) is 25.4 Å². The standard InChI is InChI=1S/C20H36N4O4.Zn/c1-20(2,23-8-7-22-6-5-21)19(25)18-16(26-3)13-15(14-17(18)27-4)24-9-11-28-12-10-24;/h13-15,22-23,25H,5-12,21H2,1-4H3;/p+1. The number of methoxy groups -OCH3 is 2. The smallest absolute Gasteiger partial charge is 0.135 e. The van der Waals surface area contributed by atoms with Crippen LogP contribution in [0.15, 0.2) is 35.0 Å². The summed E-state index contributed by atoms with van der Waals surface area (Å²) in [5, 5.41) is 17.7. The molecule has 0 bridgehead atoms. The third-order valence-electron chi connectivity index (χ3n) is 5.22. The molecule has 9 heteroatoms. The summed E-state index contributed by atoms with van der Waals surface area (Å²) in [6, 6.07) is 0.127. The molecule has 2 rings (SSSR count). The van der Waals surface area contributed by atoms with Gasteiger partial charge in [-0.2, -0.15) is 0 Å². The number of nitrogens with one attached hydrogen (secondary N) is 3. The molecule has 0 aromatic heterocycles. The van der Waals surface area contributed by atoms with Gasteiger partial charge in [-0.25, -0.2) is 0 Å². The van der Waals surface area contributed by atoms with E-state index in [1.807, 2.05) is 13.8 Å². The molecule has 0 unspecified atom stereocenters. The fourth-order valence-corrected chi connectivity index (χ4v) is 3.53. The van der Waals surface area contributed by atoms with E-state index in [9.17, 15) is 5.11 Å². The van der Waals surface area contributed by atoms with Gasteiger partial charge in [0.15, 0.2) is 0 Å². The van der Waals surface area contributed by atoms with Crippen LogP contribution in [0.4, 0.5) is 0 Å². The van der Waals surface area contributed by atoms with E-state index >= 15 is 0 Å². The Morgan fingerprint density at radius 1 is 1.17 bits per heavy atom. The Labute approximate surface area is 187 Å². The fourth-order valence-electron chi connectivity index (χ4n) is 3.53. The average molecular weight is 463 g/mol. The molecule has 1 heterocycles. The Balaban J connectivity index is 0.00000420. The van der Waals surface area contributed by atoms with E-state index in [2.05, 4.69) is 22.8 Å². The second-order valence-electron chi connectivity index (χ2n) is 7.58. The number of rotatable bonds is 10. The van der Waals surface area contributed by atoms with Crippen LogP contribution in [0.1, 0.15) is 13.8 Å². The molecule has 1 aliphatic heterocycles. The van der Waals surface area contributed by atoms with Crippen molar-refractivity contribution in [1.29, 1.82) is 0 Å². The van der Waals surface area contributed by atoms with Gasteiger partial charge in [0.1, 0.15) is 36.4 Å². The van der Waals surface area contributed by atoms with E-state index in [-0.39, 0.29) is 31.3 Å². The average Bonchev–Trinajstić information content (AvgIpc) is 2.72. The molecule has 8 nitrogen and oxygen atoms in total. The summed E-state index contributed by atoms with van der Waals surface area (Å²) >= 11 is 0. The van der Waals surface area contributed by atoms with E-state index in [1.54, 1.807) is 14.2 Å². The first-order valence-electron chi connectivity index (χ1n) is 9.98. The number of aliphatic hydroxyl groups excluding tert-OH is 1. The molecule has 6 N–H and O–H groups in total. The molecule has 0 aromatic rings. The van der Waals surface area contributed by atoms with Crippen LogP contribution >= 0.6 is 0 Å². The zero-order valence-corrected chi connectivity index (χ0v) is 21.3. The molecule has 0 radical (unpaired) electrons. The maximum atomic E-state index is 11.1. The first kappa shape index (κ1) is 26.1. The van der Waals surface area contributed by atoms with Crippen molar-refractivity contribution in [1.82, 2.24) is 10.6 Å². The van der Waals surface area contributed by atoms with Crippen LogP contribution < -0.4 is 21.3 Å². The van der Waals surface area contributed by atoms with E-state index < -0.39 is 5.54 Å². The van der Waals surface area contributed by atoms with Crippen LogP contribution in [0.5, 0.6) is 0 Å². The molecule has 2 aliphatic rings. The van der Waals surface area contributed by atoms with Gasteiger partial charge in [0.2, 0.25) is 0 Å². The Kier molecular flexibility index (Phi) is 11.4. The topological polar surface area (TPSA) is 102 Å². The molecular formula is C20H37N4O4Zn+. The van der Waals surface area contributed by atoms with Crippen molar-refractivity contribution in [3.8, 4) is 0 Å². The minimum absolute atomic E-state index is 0. The van der Waals surface area contributed by atoms with E-state index in [4.69, 9.17) is 19.9 Å². The van der Waals surface area contributed by atoms with Gasteiger partial charge in [-0.15, -0.1) is 0 Å². The van der Waals surface area contributed by atoms with Crippen molar-refractivity contribution in [3.05, 3.63) is 35.0 Å². The van der Waals surface area contributed by atoms with Crippen LogP contribution in [0, 0.1) is 0 Å². The molecule has 1 fully saturated rings. The summed E-state index contributed by atoms with van der Waals surface area (Å²) < 4.78 is 16.8. The van der Waals surface area contributed by atoms with Gasteiger partial charge in [-0.3, -0.25) is 0 Å². The maximum absolute atomic E-state index is 11.1. The van der Waals surface area contributed by atoms with Gasteiger partial charge in [0.05, 0.1) is 38.5 Å². The predicted octanol–water partition coefficient (Wildman–Crippen LogP) is -0.930. The maximum Gasteiger partial charge on any atom is 0.135 e. The van der Waals surface area contributed by atoms with Gasteiger partial charge in [0.25, 0.3) is 0 Å². The number of hydrogen-bond acceptors (Lipinski definition) is 7. The van der Waals surface area contributed by atoms with Crippen LogP contribution in [-0.2, 0) is 33.7 Å². The van der Waals surface area contributed by atoms with Crippen LogP contribution in [-0.4, -0.2) is 83.4 Å². The quantitative estimate of drug-likeness (QED) is 0.162. The molecule has 0 aromatic carbocycles. The van der Waals surface area contributed by atoms with E-state index in [0.717, 1.165) is 39.4 Å². The number of morpholine rings is 1. The van der Waals surface area contributed by atoms with Crippen LogP contribution in [0.25, 0.3) is 0 Å². The minimum Gasteiger partial charge on any atom is -0.509 e. The summed E-state index contributed by atoms with van der Waals surface area (Å²) in [4.78, 5) is 1.40. The SMILES string of the molecule is COC1=CC([NH+]2CCOCC2)C=C(OC)C1=C(O)C(C)(C)NCCNCCN.[Zn]. The molecule has 29 heavy (non-hydrogen) atoms. The largest absolute Gasteiger partial charge is 0.509 e. The molecule has 0 saturated carbocycles. The zero-order valence-electron chi connectivity index (χ0n) is 18.3. The molecule has 162 valence electrons. The molecule has 0 atom stereocenters. The molecule has 1 saturated heterocycles. The van der Waals surface area contributed by atoms with Crippen molar-refractivity contribution < 1.29 is 43.7 Å². The van der Waals surface area contributed by atoms with Gasteiger partial charge < -0.3 is 40.6 Å². The van der Waals surface area contributed by atoms with Gasteiger partial charge in [-0.05, 0) is 13.8 Å². The van der Waals surface area contributed by atoms with Gasteiger partial charge >= 0.3 is 0 Å². The predicted molar refractivity (Wildman–Crippen MR) is 109 cm³/mol. The Morgan fingerprint density at radius 3 is 2.28 bits per heavy atom. The molecular weight excluding hydrogens is 426 g/mol. The fraction of sp³-hybridized carbons (Fsp3) is 0.700. The number of quaternary nitrogens is 1. The summed E-state index contributed by atoms with van der Waals surface area (Å²) in [5.41, 5.74) is 5.44. The second kappa shape index (κ2) is 12.7. The van der Waals surface area contributed by atoms with E-state index in [0.29, 0.717) is 30.2 Å². The summed E-state index contributed by atoms with van der Waals surface area (Å²) in [7, 11) is 3.25. The van der Waals surface area contributed by atoms with Crippen molar-refractivity contribution >= 4 is 0 Å². The molecule has 1 aliphatic carbocycles. The second-order valence-corrected chi connectivity index (χ2v) is 7.58. The monoisotopic (exact) mass is 461 g/mol. The number of nitrogens with two attached hydrogens (primary N) is 1. The zero-order chi connectivity index (χ0) is 20.6. The Morgan fingerprint density at radius 2 is 1.76 bits per heavy atom. The van der Waals surface area contributed by atoms with Crippen molar-refractivity contribution in [2.75, 3.05) is 66.7 Å². The summed E-state index contributed by atoms with van der Waals surface area (Å²) in [5.74, 6) is 1.47. The first-order chi connectivity index (χ1) is 13.4. The molecule has 0 amide bonds. The van der Waals surface area contributed by atoms with Gasteiger partial charge in [-0.1, -0.05) is 0 Å². The Hall–Kier alpha value is -0.957. The third kappa shape index (κ3) is 7.05. The number of aliphatic hydroxyl groups is 1. The molecule has 0 spiro atoms.